The lowest BCUT2D eigenvalue weighted by Gasteiger charge is -2.30. The fourth-order valence-electron chi connectivity index (χ4n) is 4.58. The van der Waals surface area contributed by atoms with E-state index in [1.54, 1.807) is 45.0 Å². The molecule has 3 amide bonds. The SMILES string of the molecule is CC(=O)N[C@@H](Cc1ccccc1)C(=O)N[C@H](CO)Cc1ccc(C2CC(=O)N(C(C)(C)C)S2(=O)=O)cc1. The molecule has 1 aliphatic heterocycles. The number of carbonyl (C=O) groups is 3. The van der Waals surface area contributed by atoms with Crippen LogP contribution in [-0.2, 0) is 37.2 Å². The molecule has 1 fully saturated rings. The molecule has 1 saturated heterocycles. The molecule has 37 heavy (non-hydrogen) atoms. The Hall–Kier alpha value is -3.24. The molecule has 3 N–H and O–H groups in total. The molecule has 0 aliphatic carbocycles. The van der Waals surface area contributed by atoms with Gasteiger partial charge in [0.25, 0.3) is 0 Å². The summed E-state index contributed by atoms with van der Waals surface area (Å²) in [5, 5.41) is 14.4. The number of rotatable bonds is 9. The maximum Gasteiger partial charge on any atom is 0.245 e. The van der Waals surface area contributed by atoms with Crippen LogP contribution in [-0.4, -0.2) is 59.8 Å². The highest BCUT2D eigenvalue weighted by Crippen LogP contribution is 2.40. The Morgan fingerprint density at radius 1 is 1.00 bits per heavy atom. The van der Waals surface area contributed by atoms with Gasteiger partial charge in [0.1, 0.15) is 11.3 Å². The molecule has 200 valence electrons. The Morgan fingerprint density at radius 3 is 2.11 bits per heavy atom. The number of nitrogens with zero attached hydrogens (tertiary/aromatic N) is 1. The maximum absolute atomic E-state index is 13.0. The van der Waals surface area contributed by atoms with Gasteiger partial charge in [0.05, 0.1) is 24.6 Å². The Morgan fingerprint density at radius 2 is 1.59 bits per heavy atom. The standard InChI is InChI=1S/C27H35N3O6S/c1-18(32)28-23(15-19-8-6-5-7-9-19)26(34)29-22(17-31)14-20-10-12-21(13-11-20)24-16-25(33)30(27(2,3)4)37(24,35)36/h5-13,22-24,31H,14-17H2,1-4H3,(H,28,32)(H,29,34)/t22-,23-,24?/m0/s1. The van der Waals surface area contributed by atoms with Gasteiger partial charge < -0.3 is 15.7 Å². The van der Waals surface area contributed by atoms with E-state index >= 15 is 0 Å². The van der Waals surface area contributed by atoms with Gasteiger partial charge >= 0.3 is 0 Å². The summed E-state index contributed by atoms with van der Waals surface area (Å²) in [6.45, 7) is 6.08. The summed E-state index contributed by atoms with van der Waals surface area (Å²) in [6, 6.07) is 14.7. The first-order chi connectivity index (χ1) is 17.3. The normalized spacial score (nSPS) is 18.8. The molecule has 0 saturated carbocycles. The number of carbonyl (C=O) groups excluding carboxylic acids is 3. The van der Waals surface area contributed by atoms with Crippen molar-refractivity contribution >= 4 is 27.7 Å². The molecule has 2 aromatic carbocycles. The minimum absolute atomic E-state index is 0.111. The smallest absolute Gasteiger partial charge is 0.245 e. The van der Waals surface area contributed by atoms with Crippen LogP contribution >= 0.6 is 0 Å². The van der Waals surface area contributed by atoms with Gasteiger partial charge in [0.15, 0.2) is 0 Å². The van der Waals surface area contributed by atoms with Crippen LogP contribution in [0.5, 0.6) is 0 Å². The Kier molecular flexibility index (Phi) is 8.76. The van der Waals surface area contributed by atoms with Crippen molar-refractivity contribution in [2.75, 3.05) is 6.61 Å². The quantitative estimate of drug-likeness (QED) is 0.454. The van der Waals surface area contributed by atoms with Gasteiger partial charge in [-0.3, -0.25) is 14.4 Å². The second-order valence-corrected chi connectivity index (χ2v) is 12.3. The highest BCUT2D eigenvalue weighted by molar-refractivity contribution is 7.90. The summed E-state index contributed by atoms with van der Waals surface area (Å²) in [7, 11) is -3.84. The van der Waals surface area contributed by atoms with Crippen molar-refractivity contribution in [2.24, 2.45) is 0 Å². The third-order valence-electron chi connectivity index (χ3n) is 6.19. The first-order valence-electron chi connectivity index (χ1n) is 12.2. The molecule has 10 heteroatoms. The van der Waals surface area contributed by atoms with Crippen molar-refractivity contribution < 1.29 is 27.9 Å². The number of nitrogens with one attached hydrogen (secondary N) is 2. The highest BCUT2D eigenvalue weighted by atomic mass is 32.2. The Bertz CT molecular complexity index is 1220. The summed E-state index contributed by atoms with van der Waals surface area (Å²) in [6.07, 6.45) is 0.491. The van der Waals surface area contributed by atoms with E-state index in [0.717, 1.165) is 15.4 Å². The largest absolute Gasteiger partial charge is 0.394 e. The molecule has 0 radical (unpaired) electrons. The van der Waals surface area contributed by atoms with Crippen molar-refractivity contribution in [1.29, 1.82) is 0 Å². The maximum atomic E-state index is 13.0. The topological polar surface area (TPSA) is 133 Å². The Labute approximate surface area is 218 Å². The van der Waals surface area contributed by atoms with E-state index < -0.39 is 44.7 Å². The molecule has 2 aromatic rings. The minimum atomic E-state index is -3.84. The molecule has 1 aliphatic rings. The summed E-state index contributed by atoms with van der Waals surface area (Å²) in [4.78, 5) is 37.1. The zero-order chi connectivity index (χ0) is 27.4. The predicted octanol–water partition coefficient (Wildman–Crippen LogP) is 1.86. The van der Waals surface area contributed by atoms with E-state index in [0.29, 0.717) is 18.4 Å². The van der Waals surface area contributed by atoms with Gasteiger partial charge in [-0.25, -0.2) is 12.7 Å². The molecule has 0 aromatic heterocycles. The van der Waals surface area contributed by atoms with Crippen LogP contribution in [0.4, 0.5) is 0 Å². The zero-order valence-corrected chi connectivity index (χ0v) is 22.4. The van der Waals surface area contributed by atoms with Crippen LogP contribution in [0.3, 0.4) is 0 Å². The van der Waals surface area contributed by atoms with Crippen molar-refractivity contribution in [2.45, 2.75) is 69.8 Å². The van der Waals surface area contributed by atoms with E-state index in [9.17, 15) is 27.9 Å². The summed E-state index contributed by atoms with van der Waals surface area (Å²) in [5.74, 6) is -1.17. The van der Waals surface area contributed by atoms with Gasteiger partial charge in [-0.15, -0.1) is 0 Å². The van der Waals surface area contributed by atoms with Crippen LogP contribution in [0.25, 0.3) is 0 Å². The van der Waals surface area contributed by atoms with Crippen LogP contribution in [0.15, 0.2) is 54.6 Å². The molecule has 1 unspecified atom stereocenters. The first-order valence-corrected chi connectivity index (χ1v) is 13.7. The van der Waals surface area contributed by atoms with Crippen LogP contribution in [0.1, 0.15) is 56.1 Å². The van der Waals surface area contributed by atoms with E-state index in [1.807, 2.05) is 30.3 Å². The third kappa shape index (κ3) is 6.95. The van der Waals surface area contributed by atoms with Crippen LogP contribution in [0, 0.1) is 0 Å². The van der Waals surface area contributed by atoms with Gasteiger partial charge in [-0.1, -0.05) is 54.6 Å². The van der Waals surface area contributed by atoms with Gasteiger partial charge in [0, 0.05) is 13.3 Å². The number of aliphatic hydroxyl groups is 1. The summed E-state index contributed by atoms with van der Waals surface area (Å²) in [5.41, 5.74) is 1.34. The Balaban J connectivity index is 1.69. The number of hydrogen-bond donors (Lipinski definition) is 3. The molecule has 3 atom stereocenters. The zero-order valence-electron chi connectivity index (χ0n) is 21.6. The molecule has 3 rings (SSSR count). The number of hydrogen-bond acceptors (Lipinski definition) is 6. The molecule has 1 heterocycles. The number of amides is 3. The van der Waals surface area contributed by atoms with E-state index in [4.69, 9.17) is 0 Å². The summed E-state index contributed by atoms with van der Waals surface area (Å²) < 4.78 is 27.1. The number of aliphatic hydroxyl groups excluding tert-OH is 1. The fraction of sp³-hybridized carbons (Fsp3) is 0.444. The van der Waals surface area contributed by atoms with Crippen molar-refractivity contribution in [3.05, 3.63) is 71.3 Å². The molecule has 0 spiro atoms. The van der Waals surface area contributed by atoms with Crippen LogP contribution in [0.2, 0.25) is 0 Å². The lowest BCUT2D eigenvalue weighted by atomic mass is 10.0. The van der Waals surface area contributed by atoms with Gasteiger partial charge in [0.2, 0.25) is 27.7 Å². The number of sulfonamides is 1. The van der Waals surface area contributed by atoms with Crippen LogP contribution < -0.4 is 10.6 Å². The van der Waals surface area contributed by atoms with Crippen molar-refractivity contribution in [3.8, 4) is 0 Å². The second-order valence-electron chi connectivity index (χ2n) is 10.3. The molecule has 0 bridgehead atoms. The van der Waals surface area contributed by atoms with Crippen molar-refractivity contribution in [3.63, 3.8) is 0 Å². The van der Waals surface area contributed by atoms with Crippen molar-refractivity contribution in [1.82, 2.24) is 14.9 Å². The molecular formula is C27H35N3O6S. The lowest BCUT2D eigenvalue weighted by Crippen LogP contribution is -2.51. The van der Waals surface area contributed by atoms with E-state index in [1.165, 1.54) is 6.92 Å². The first kappa shape index (κ1) is 28.3. The van der Waals surface area contributed by atoms with Gasteiger partial charge in [-0.2, -0.15) is 0 Å². The average molecular weight is 530 g/mol. The second kappa shape index (κ2) is 11.4. The monoisotopic (exact) mass is 529 g/mol. The highest BCUT2D eigenvalue weighted by Gasteiger charge is 2.49. The average Bonchev–Trinajstić information content (AvgIpc) is 3.07. The lowest BCUT2D eigenvalue weighted by molar-refractivity contribution is -0.128. The number of benzene rings is 2. The van der Waals surface area contributed by atoms with E-state index in [-0.39, 0.29) is 18.9 Å². The predicted molar refractivity (Wildman–Crippen MR) is 140 cm³/mol. The van der Waals surface area contributed by atoms with Gasteiger partial charge in [-0.05, 0) is 43.9 Å². The minimum Gasteiger partial charge on any atom is -0.394 e. The van der Waals surface area contributed by atoms with E-state index in [2.05, 4.69) is 10.6 Å². The fourth-order valence-corrected chi connectivity index (χ4v) is 6.81. The molecule has 9 nitrogen and oxygen atoms in total. The third-order valence-corrected chi connectivity index (χ3v) is 8.61. The molecular weight excluding hydrogens is 494 g/mol. The summed E-state index contributed by atoms with van der Waals surface area (Å²) >= 11 is 0.